The highest BCUT2D eigenvalue weighted by molar-refractivity contribution is 7.88. The third kappa shape index (κ3) is 4.66. The van der Waals surface area contributed by atoms with E-state index in [1.807, 2.05) is 0 Å². The minimum atomic E-state index is -3.25. The van der Waals surface area contributed by atoms with Crippen LogP contribution in [0.1, 0.15) is 10.4 Å². The minimum absolute atomic E-state index is 0.198. The molecule has 0 aliphatic carbocycles. The summed E-state index contributed by atoms with van der Waals surface area (Å²) in [6.45, 7) is 0.625. The molecule has 1 aliphatic rings. The van der Waals surface area contributed by atoms with Crippen molar-refractivity contribution in [1.29, 1.82) is 0 Å². The molecule has 1 saturated heterocycles. The van der Waals surface area contributed by atoms with Crippen LogP contribution in [-0.2, 0) is 19.6 Å². The molecule has 1 aromatic rings. The first-order valence-electron chi connectivity index (χ1n) is 6.93. The first-order valence-corrected chi connectivity index (χ1v) is 9.16. The number of carbonyl (C=O) groups is 2. The number of esters is 1. The van der Waals surface area contributed by atoms with Gasteiger partial charge in [0.25, 0.3) is 5.91 Å². The summed E-state index contributed by atoms with van der Waals surface area (Å²) in [5.74, 6) is -1.03. The van der Waals surface area contributed by atoms with Crippen molar-refractivity contribution < 1.29 is 22.7 Å². The quantitative estimate of drug-likeness (QED) is 0.734. The Hall–Kier alpha value is -1.64. The molecule has 9 heteroatoms. The highest BCUT2D eigenvalue weighted by Crippen LogP contribution is 2.16. The summed E-state index contributed by atoms with van der Waals surface area (Å²) in [5.41, 5.74) is 0.198. The van der Waals surface area contributed by atoms with Crippen molar-refractivity contribution in [3.05, 3.63) is 34.9 Å². The molecular formula is C14H17ClN2O5S. The van der Waals surface area contributed by atoms with Crippen molar-refractivity contribution in [3.63, 3.8) is 0 Å². The Morgan fingerprint density at radius 3 is 2.35 bits per heavy atom. The van der Waals surface area contributed by atoms with Crippen molar-refractivity contribution in [1.82, 2.24) is 9.21 Å². The molecule has 1 heterocycles. The third-order valence-corrected chi connectivity index (χ3v) is 5.11. The molecule has 2 rings (SSSR count). The summed E-state index contributed by atoms with van der Waals surface area (Å²) in [7, 11) is -3.25. The maximum atomic E-state index is 12.0. The molecule has 0 aromatic heterocycles. The van der Waals surface area contributed by atoms with E-state index in [2.05, 4.69) is 0 Å². The second-order valence-corrected chi connectivity index (χ2v) is 7.49. The summed E-state index contributed by atoms with van der Waals surface area (Å²) < 4.78 is 29.1. The number of sulfonamides is 1. The summed E-state index contributed by atoms with van der Waals surface area (Å²) in [6.07, 6.45) is 1.13. The van der Waals surface area contributed by atoms with Crippen molar-refractivity contribution in [2.24, 2.45) is 0 Å². The largest absolute Gasteiger partial charge is 0.452 e. The topological polar surface area (TPSA) is 84.0 Å². The molecule has 0 saturated carbocycles. The van der Waals surface area contributed by atoms with Gasteiger partial charge in [0.15, 0.2) is 6.61 Å². The number of amides is 1. The number of halogens is 1. The van der Waals surface area contributed by atoms with Gasteiger partial charge in [0.1, 0.15) is 0 Å². The number of nitrogens with zero attached hydrogens (tertiary/aromatic N) is 2. The maximum Gasteiger partial charge on any atom is 0.340 e. The third-order valence-electron chi connectivity index (χ3n) is 3.48. The van der Waals surface area contributed by atoms with E-state index < -0.39 is 22.6 Å². The van der Waals surface area contributed by atoms with E-state index >= 15 is 0 Å². The van der Waals surface area contributed by atoms with Crippen LogP contribution in [0.3, 0.4) is 0 Å². The number of carbonyl (C=O) groups excluding carboxylic acids is 2. The molecule has 0 radical (unpaired) electrons. The van der Waals surface area contributed by atoms with E-state index in [0.29, 0.717) is 0 Å². The fourth-order valence-electron chi connectivity index (χ4n) is 2.19. The van der Waals surface area contributed by atoms with Crippen molar-refractivity contribution >= 4 is 33.5 Å². The molecule has 1 aliphatic heterocycles. The van der Waals surface area contributed by atoms with Crippen LogP contribution in [0.4, 0.5) is 0 Å². The Morgan fingerprint density at radius 2 is 1.78 bits per heavy atom. The van der Waals surface area contributed by atoms with Gasteiger partial charge < -0.3 is 9.64 Å². The standard InChI is InChI=1S/C14H17ClN2O5S/c1-23(20,21)17-8-6-16(7-9-17)13(18)10-22-14(19)11-4-2-3-5-12(11)15/h2-5H,6-10H2,1H3. The number of piperazine rings is 1. The smallest absolute Gasteiger partial charge is 0.340 e. The Bertz CT molecular complexity index is 699. The van der Waals surface area contributed by atoms with Crippen molar-refractivity contribution in [2.75, 3.05) is 39.0 Å². The molecular weight excluding hydrogens is 344 g/mol. The number of benzene rings is 1. The molecule has 126 valence electrons. The zero-order valence-corrected chi connectivity index (χ0v) is 14.1. The molecule has 0 bridgehead atoms. The zero-order valence-electron chi connectivity index (χ0n) is 12.6. The van der Waals surface area contributed by atoms with Gasteiger partial charge in [-0.15, -0.1) is 0 Å². The Balaban J connectivity index is 1.84. The molecule has 23 heavy (non-hydrogen) atoms. The predicted octanol–water partition coefficient (Wildman–Crippen LogP) is 0.601. The van der Waals surface area contributed by atoms with Crippen LogP contribution in [0.15, 0.2) is 24.3 Å². The van der Waals surface area contributed by atoms with E-state index in [1.165, 1.54) is 15.3 Å². The van der Waals surface area contributed by atoms with Crippen LogP contribution >= 0.6 is 11.6 Å². The van der Waals surface area contributed by atoms with Crippen molar-refractivity contribution in [2.45, 2.75) is 0 Å². The lowest BCUT2D eigenvalue weighted by molar-refractivity contribution is -0.135. The van der Waals surface area contributed by atoms with E-state index in [4.69, 9.17) is 16.3 Å². The SMILES string of the molecule is CS(=O)(=O)N1CCN(C(=O)COC(=O)c2ccccc2Cl)CC1. The monoisotopic (exact) mass is 360 g/mol. The molecule has 0 N–H and O–H groups in total. The molecule has 7 nitrogen and oxygen atoms in total. The van der Waals surface area contributed by atoms with Crippen LogP contribution in [-0.4, -0.2) is 68.5 Å². The average Bonchev–Trinajstić information content (AvgIpc) is 2.52. The van der Waals surface area contributed by atoms with E-state index in [1.54, 1.807) is 18.2 Å². The van der Waals surface area contributed by atoms with E-state index in [-0.39, 0.29) is 42.7 Å². The Labute approximate surface area is 139 Å². The van der Waals surface area contributed by atoms with Gasteiger partial charge in [-0.2, -0.15) is 4.31 Å². The molecule has 1 fully saturated rings. The lowest BCUT2D eigenvalue weighted by Gasteiger charge is -2.33. The number of hydrogen-bond acceptors (Lipinski definition) is 5. The summed E-state index contributed by atoms with van der Waals surface area (Å²) in [6, 6.07) is 6.41. The van der Waals surface area contributed by atoms with E-state index in [0.717, 1.165) is 6.26 Å². The summed E-state index contributed by atoms with van der Waals surface area (Å²) in [4.78, 5) is 25.4. The van der Waals surface area contributed by atoms with Crippen LogP contribution in [0.25, 0.3) is 0 Å². The Kier molecular flexibility index (Phi) is 5.61. The maximum absolute atomic E-state index is 12.0. The molecule has 1 aromatic carbocycles. The molecule has 0 unspecified atom stereocenters. The van der Waals surface area contributed by atoms with Gasteiger partial charge in [-0.3, -0.25) is 4.79 Å². The predicted molar refractivity (Wildman–Crippen MR) is 84.7 cm³/mol. The van der Waals surface area contributed by atoms with Crippen LogP contribution in [0.2, 0.25) is 5.02 Å². The summed E-state index contributed by atoms with van der Waals surface area (Å²) >= 11 is 5.88. The fourth-order valence-corrected chi connectivity index (χ4v) is 3.23. The van der Waals surface area contributed by atoms with Gasteiger partial charge in [0, 0.05) is 26.2 Å². The number of ether oxygens (including phenoxy) is 1. The van der Waals surface area contributed by atoms with E-state index in [9.17, 15) is 18.0 Å². The average molecular weight is 361 g/mol. The van der Waals surface area contributed by atoms with Crippen molar-refractivity contribution in [3.8, 4) is 0 Å². The number of rotatable bonds is 4. The Morgan fingerprint density at radius 1 is 1.17 bits per heavy atom. The van der Waals surface area contributed by atoms with Gasteiger partial charge in [-0.05, 0) is 12.1 Å². The fraction of sp³-hybridized carbons (Fsp3) is 0.429. The normalized spacial score (nSPS) is 16.2. The van der Waals surface area contributed by atoms with Crippen LogP contribution < -0.4 is 0 Å². The van der Waals surface area contributed by atoms with Gasteiger partial charge in [-0.1, -0.05) is 23.7 Å². The van der Waals surface area contributed by atoms with Gasteiger partial charge in [0.2, 0.25) is 10.0 Å². The molecule has 0 spiro atoms. The van der Waals surface area contributed by atoms with Crippen LogP contribution in [0.5, 0.6) is 0 Å². The van der Waals surface area contributed by atoms with Gasteiger partial charge >= 0.3 is 5.97 Å². The highest BCUT2D eigenvalue weighted by atomic mass is 35.5. The zero-order chi connectivity index (χ0) is 17.0. The molecule has 1 amide bonds. The first-order chi connectivity index (χ1) is 10.8. The summed E-state index contributed by atoms with van der Waals surface area (Å²) in [5, 5.41) is 0.256. The minimum Gasteiger partial charge on any atom is -0.452 e. The lowest BCUT2D eigenvalue weighted by Crippen LogP contribution is -2.51. The highest BCUT2D eigenvalue weighted by Gasteiger charge is 2.26. The van der Waals surface area contributed by atoms with Gasteiger partial charge in [-0.25, -0.2) is 13.2 Å². The van der Waals surface area contributed by atoms with Crippen LogP contribution in [0, 0.1) is 0 Å². The second kappa shape index (κ2) is 7.29. The first kappa shape index (κ1) is 17.7. The van der Waals surface area contributed by atoms with Gasteiger partial charge in [0.05, 0.1) is 16.8 Å². The second-order valence-electron chi connectivity index (χ2n) is 5.10. The lowest BCUT2D eigenvalue weighted by atomic mass is 10.2. The molecule has 0 atom stereocenters. The number of hydrogen-bond donors (Lipinski definition) is 0.